The first-order valence-corrected chi connectivity index (χ1v) is 4.92. The van der Waals surface area contributed by atoms with Crippen LogP contribution >= 0.6 is 0 Å². The third-order valence-electron chi connectivity index (χ3n) is 1.88. The van der Waals surface area contributed by atoms with Gasteiger partial charge in [-0.2, -0.15) is 0 Å². The summed E-state index contributed by atoms with van der Waals surface area (Å²) >= 11 is 0. The van der Waals surface area contributed by atoms with E-state index in [9.17, 15) is 4.79 Å². The predicted molar refractivity (Wildman–Crippen MR) is 59.5 cm³/mol. The molecule has 0 saturated heterocycles. The molecule has 15 heavy (non-hydrogen) atoms. The van der Waals surface area contributed by atoms with E-state index in [-0.39, 0.29) is 0 Å². The first kappa shape index (κ1) is 11.3. The first-order valence-electron chi connectivity index (χ1n) is 4.92. The summed E-state index contributed by atoms with van der Waals surface area (Å²) in [5, 5.41) is 8.42. The lowest BCUT2D eigenvalue weighted by atomic mass is 10.0. The van der Waals surface area contributed by atoms with Crippen LogP contribution in [0.4, 0.5) is 0 Å². The third kappa shape index (κ3) is 4.33. The standard InChI is InChI=1S/C13H14O2/c1-10(2)8-12-5-3-4-11(9-12)6-7-13(14)15/h3-5,9-10H,8H2,1-2H3,(H,14,15). The molecule has 1 aromatic rings. The van der Waals surface area contributed by atoms with Crippen molar-refractivity contribution in [2.45, 2.75) is 20.3 Å². The molecule has 0 heterocycles. The predicted octanol–water partition coefficient (Wildman–Crippen LogP) is 2.32. The molecule has 1 N–H and O–H groups in total. The Morgan fingerprint density at radius 3 is 2.80 bits per heavy atom. The van der Waals surface area contributed by atoms with E-state index in [0.29, 0.717) is 5.92 Å². The van der Waals surface area contributed by atoms with Crippen LogP contribution in [0.5, 0.6) is 0 Å². The molecule has 0 atom stereocenters. The topological polar surface area (TPSA) is 37.3 Å². The molecule has 0 radical (unpaired) electrons. The second-order valence-corrected chi connectivity index (χ2v) is 3.85. The maximum atomic E-state index is 10.3. The highest BCUT2D eigenvalue weighted by Crippen LogP contribution is 2.09. The minimum absolute atomic E-state index is 0.590. The quantitative estimate of drug-likeness (QED) is 0.747. The summed E-state index contributed by atoms with van der Waals surface area (Å²) in [7, 11) is 0. The fourth-order valence-corrected chi connectivity index (χ4v) is 1.37. The second-order valence-electron chi connectivity index (χ2n) is 3.85. The number of carboxylic acid groups (broad SMARTS) is 1. The van der Waals surface area contributed by atoms with Gasteiger partial charge in [0.1, 0.15) is 0 Å². The van der Waals surface area contributed by atoms with Gasteiger partial charge in [0.25, 0.3) is 0 Å². The van der Waals surface area contributed by atoms with Gasteiger partial charge in [0.15, 0.2) is 0 Å². The molecule has 0 spiro atoms. The summed E-state index contributed by atoms with van der Waals surface area (Å²) in [6, 6.07) is 7.70. The number of carboxylic acids is 1. The Morgan fingerprint density at radius 1 is 1.47 bits per heavy atom. The molecular weight excluding hydrogens is 188 g/mol. The number of benzene rings is 1. The fraction of sp³-hybridized carbons (Fsp3) is 0.308. The highest BCUT2D eigenvalue weighted by Gasteiger charge is 1.97. The molecule has 2 nitrogen and oxygen atoms in total. The SMILES string of the molecule is CC(C)Cc1cccc(C#CC(=O)O)c1. The van der Waals surface area contributed by atoms with Crippen LogP contribution in [0.2, 0.25) is 0 Å². The van der Waals surface area contributed by atoms with E-state index in [2.05, 4.69) is 25.7 Å². The minimum atomic E-state index is -1.09. The Morgan fingerprint density at radius 2 is 2.20 bits per heavy atom. The van der Waals surface area contributed by atoms with E-state index in [1.165, 1.54) is 5.56 Å². The van der Waals surface area contributed by atoms with Crippen LogP contribution in [0.25, 0.3) is 0 Å². The van der Waals surface area contributed by atoms with Crippen molar-refractivity contribution in [3.05, 3.63) is 35.4 Å². The zero-order chi connectivity index (χ0) is 11.3. The molecule has 78 valence electrons. The van der Waals surface area contributed by atoms with Crippen molar-refractivity contribution in [1.29, 1.82) is 0 Å². The summed E-state index contributed by atoms with van der Waals surface area (Å²) in [5.41, 5.74) is 1.96. The van der Waals surface area contributed by atoms with E-state index in [1.807, 2.05) is 24.3 Å². The van der Waals surface area contributed by atoms with Crippen molar-refractivity contribution >= 4 is 5.97 Å². The van der Waals surface area contributed by atoms with Crippen molar-refractivity contribution in [2.75, 3.05) is 0 Å². The maximum absolute atomic E-state index is 10.3. The lowest BCUT2D eigenvalue weighted by Crippen LogP contribution is -1.94. The van der Waals surface area contributed by atoms with Crippen LogP contribution in [-0.2, 0) is 11.2 Å². The average Bonchev–Trinajstić information content (AvgIpc) is 2.14. The highest BCUT2D eigenvalue weighted by atomic mass is 16.4. The van der Waals surface area contributed by atoms with Gasteiger partial charge < -0.3 is 5.11 Å². The lowest BCUT2D eigenvalue weighted by molar-refractivity contribution is -0.130. The van der Waals surface area contributed by atoms with Crippen molar-refractivity contribution in [2.24, 2.45) is 5.92 Å². The molecule has 0 aliphatic rings. The average molecular weight is 202 g/mol. The number of aliphatic carboxylic acids is 1. The summed E-state index contributed by atoms with van der Waals surface area (Å²) in [5.74, 6) is 4.21. The molecule has 0 saturated carbocycles. The van der Waals surface area contributed by atoms with E-state index >= 15 is 0 Å². The minimum Gasteiger partial charge on any atom is -0.472 e. The summed E-state index contributed by atoms with van der Waals surface area (Å²) in [4.78, 5) is 10.3. The summed E-state index contributed by atoms with van der Waals surface area (Å²) in [6.07, 6.45) is 0.989. The number of carbonyl (C=O) groups is 1. The summed E-state index contributed by atoms with van der Waals surface area (Å²) < 4.78 is 0. The van der Waals surface area contributed by atoms with Gasteiger partial charge in [-0.1, -0.05) is 31.9 Å². The van der Waals surface area contributed by atoms with E-state index < -0.39 is 5.97 Å². The molecule has 0 fully saturated rings. The normalized spacial score (nSPS) is 9.53. The maximum Gasteiger partial charge on any atom is 0.382 e. The molecular formula is C13H14O2. The van der Waals surface area contributed by atoms with E-state index in [4.69, 9.17) is 5.11 Å². The molecule has 0 bridgehead atoms. The van der Waals surface area contributed by atoms with E-state index in [1.54, 1.807) is 0 Å². The smallest absolute Gasteiger partial charge is 0.382 e. The second kappa shape index (κ2) is 5.21. The van der Waals surface area contributed by atoms with Crippen molar-refractivity contribution in [1.82, 2.24) is 0 Å². The lowest BCUT2D eigenvalue weighted by Gasteiger charge is -2.04. The highest BCUT2D eigenvalue weighted by molar-refractivity contribution is 5.87. The van der Waals surface area contributed by atoms with Gasteiger partial charge in [-0.25, -0.2) is 4.79 Å². The molecule has 0 amide bonds. The van der Waals surface area contributed by atoms with Gasteiger partial charge in [0.2, 0.25) is 0 Å². The molecule has 0 unspecified atom stereocenters. The van der Waals surface area contributed by atoms with Crippen LogP contribution in [0, 0.1) is 17.8 Å². The molecule has 2 heteroatoms. The zero-order valence-corrected chi connectivity index (χ0v) is 8.95. The van der Waals surface area contributed by atoms with E-state index in [0.717, 1.165) is 12.0 Å². The molecule has 0 aromatic heterocycles. The largest absolute Gasteiger partial charge is 0.472 e. The fourth-order valence-electron chi connectivity index (χ4n) is 1.37. The van der Waals surface area contributed by atoms with Crippen molar-refractivity contribution in [3.63, 3.8) is 0 Å². The third-order valence-corrected chi connectivity index (χ3v) is 1.88. The Bertz CT molecular complexity index is 408. The molecule has 1 rings (SSSR count). The summed E-state index contributed by atoms with van der Waals surface area (Å²) in [6.45, 7) is 4.30. The molecule has 0 aliphatic heterocycles. The number of hydrogen-bond acceptors (Lipinski definition) is 1. The van der Waals surface area contributed by atoms with Crippen molar-refractivity contribution < 1.29 is 9.90 Å². The molecule has 0 aliphatic carbocycles. The Kier molecular flexibility index (Phi) is 3.93. The van der Waals surface area contributed by atoms with Gasteiger partial charge in [-0.15, -0.1) is 0 Å². The van der Waals surface area contributed by atoms with Crippen LogP contribution < -0.4 is 0 Å². The van der Waals surface area contributed by atoms with Gasteiger partial charge in [-0.3, -0.25) is 0 Å². The Hall–Kier alpha value is -1.75. The zero-order valence-electron chi connectivity index (χ0n) is 8.95. The molecule has 1 aromatic carbocycles. The number of hydrogen-bond donors (Lipinski definition) is 1. The van der Waals surface area contributed by atoms with Gasteiger partial charge in [-0.05, 0) is 30.0 Å². The Balaban J connectivity index is 2.84. The van der Waals surface area contributed by atoms with Crippen LogP contribution in [0.3, 0.4) is 0 Å². The number of rotatable bonds is 2. The first-order chi connectivity index (χ1) is 7.08. The van der Waals surface area contributed by atoms with Crippen LogP contribution in [-0.4, -0.2) is 11.1 Å². The Labute approximate surface area is 89.9 Å². The van der Waals surface area contributed by atoms with Crippen LogP contribution in [0.1, 0.15) is 25.0 Å². The van der Waals surface area contributed by atoms with Crippen LogP contribution in [0.15, 0.2) is 24.3 Å². The van der Waals surface area contributed by atoms with Crippen molar-refractivity contribution in [3.8, 4) is 11.8 Å². The monoisotopic (exact) mass is 202 g/mol. The van der Waals surface area contributed by atoms with Gasteiger partial charge in [0.05, 0.1) is 0 Å². The van der Waals surface area contributed by atoms with Gasteiger partial charge in [0, 0.05) is 11.5 Å². The van der Waals surface area contributed by atoms with Gasteiger partial charge >= 0.3 is 5.97 Å².